The Labute approximate surface area is 134 Å². The molecule has 21 heavy (non-hydrogen) atoms. The molecule has 2 nitrogen and oxygen atoms in total. The summed E-state index contributed by atoms with van der Waals surface area (Å²) in [5, 5.41) is 3.79. The van der Waals surface area contributed by atoms with Crippen molar-refractivity contribution in [2.24, 2.45) is 0 Å². The second kappa shape index (κ2) is 10.3. The molecule has 0 saturated carbocycles. The summed E-state index contributed by atoms with van der Waals surface area (Å²) in [6, 6.07) is 11.5. The number of thioether (sulfide) groups is 1. The molecule has 1 atom stereocenters. The van der Waals surface area contributed by atoms with Gasteiger partial charge in [-0.15, -0.1) is 0 Å². The minimum atomic E-state index is 0.525. The topological polar surface area (TPSA) is 15.3 Å². The number of nitrogens with one attached hydrogen (secondary N) is 1. The molecule has 1 heterocycles. The van der Waals surface area contributed by atoms with Crippen LogP contribution >= 0.6 is 11.8 Å². The molecule has 1 aromatic carbocycles. The number of nitrogens with zero attached hydrogens (tertiary/aromatic N) is 1. The maximum atomic E-state index is 3.79. The van der Waals surface area contributed by atoms with Crippen LogP contribution in [-0.2, 0) is 0 Å². The lowest BCUT2D eigenvalue weighted by Gasteiger charge is -2.27. The highest BCUT2D eigenvalue weighted by molar-refractivity contribution is 7.99. The molecule has 1 N–H and O–H groups in total. The predicted octanol–water partition coefficient (Wildman–Crippen LogP) is 3.95. The first-order chi connectivity index (χ1) is 10.4. The molecule has 3 heteroatoms. The predicted molar refractivity (Wildman–Crippen MR) is 95.1 cm³/mol. The Morgan fingerprint density at radius 2 is 1.90 bits per heavy atom. The molecule has 2 rings (SSSR count). The van der Waals surface area contributed by atoms with Gasteiger partial charge in [0.2, 0.25) is 0 Å². The zero-order valence-corrected chi connectivity index (χ0v) is 14.2. The van der Waals surface area contributed by atoms with Crippen LogP contribution in [-0.4, -0.2) is 42.6 Å². The SMILES string of the molecule is CCCCCC(NCCN1CCSCC1)c1ccccc1. The van der Waals surface area contributed by atoms with E-state index in [9.17, 15) is 0 Å². The summed E-state index contributed by atoms with van der Waals surface area (Å²) in [6.45, 7) is 7.10. The highest BCUT2D eigenvalue weighted by atomic mass is 32.2. The molecule has 0 aliphatic carbocycles. The zero-order chi connectivity index (χ0) is 14.8. The van der Waals surface area contributed by atoms with Gasteiger partial charge in [0, 0.05) is 43.7 Å². The van der Waals surface area contributed by atoms with E-state index in [4.69, 9.17) is 0 Å². The van der Waals surface area contributed by atoms with E-state index >= 15 is 0 Å². The van der Waals surface area contributed by atoms with Crippen LogP contribution in [0.3, 0.4) is 0 Å². The van der Waals surface area contributed by atoms with Gasteiger partial charge in [0.15, 0.2) is 0 Å². The molecule has 1 unspecified atom stereocenters. The maximum Gasteiger partial charge on any atom is 0.0320 e. The highest BCUT2D eigenvalue weighted by Gasteiger charge is 2.13. The Morgan fingerprint density at radius 1 is 1.14 bits per heavy atom. The van der Waals surface area contributed by atoms with Crippen LogP contribution in [0.4, 0.5) is 0 Å². The van der Waals surface area contributed by atoms with Crippen molar-refractivity contribution in [3.05, 3.63) is 35.9 Å². The molecular weight excluding hydrogens is 276 g/mol. The second-order valence-electron chi connectivity index (χ2n) is 5.87. The molecule has 0 aromatic heterocycles. The molecule has 1 aliphatic rings. The Morgan fingerprint density at radius 3 is 2.62 bits per heavy atom. The van der Waals surface area contributed by atoms with Crippen molar-refractivity contribution in [3.8, 4) is 0 Å². The third kappa shape index (κ3) is 6.41. The third-order valence-electron chi connectivity index (χ3n) is 4.22. The molecule has 1 saturated heterocycles. The first kappa shape index (κ1) is 16.9. The number of rotatable bonds is 9. The van der Waals surface area contributed by atoms with Crippen molar-refractivity contribution in [1.82, 2.24) is 10.2 Å². The molecule has 0 amide bonds. The van der Waals surface area contributed by atoms with Gasteiger partial charge in [-0.1, -0.05) is 56.5 Å². The first-order valence-electron chi connectivity index (χ1n) is 8.48. The quantitative estimate of drug-likeness (QED) is 0.696. The zero-order valence-electron chi connectivity index (χ0n) is 13.4. The van der Waals surface area contributed by atoms with Gasteiger partial charge in [0.1, 0.15) is 0 Å². The molecular formula is C18H30N2S. The van der Waals surface area contributed by atoms with E-state index in [0.717, 1.165) is 6.54 Å². The Kier molecular flexibility index (Phi) is 8.23. The summed E-state index contributed by atoms with van der Waals surface area (Å²) in [4.78, 5) is 2.59. The minimum Gasteiger partial charge on any atom is -0.309 e. The summed E-state index contributed by atoms with van der Waals surface area (Å²) in [5.74, 6) is 2.61. The summed E-state index contributed by atoms with van der Waals surface area (Å²) in [6.07, 6.45) is 5.22. The average molecular weight is 307 g/mol. The fourth-order valence-corrected chi connectivity index (χ4v) is 3.87. The largest absolute Gasteiger partial charge is 0.309 e. The van der Waals surface area contributed by atoms with E-state index in [0.29, 0.717) is 6.04 Å². The lowest BCUT2D eigenvalue weighted by Crippen LogP contribution is -2.38. The van der Waals surface area contributed by atoms with Crippen molar-refractivity contribution >= 4 is 11.8 Å². The standard InChI is InChI=1S/C18H30N2S/c1-2-3-5-10-18(17-8-6-4-7-9-17)19-11-12-20-13-15-21-16-14-20/h4,6-9,18-19H,2-3,5,10-16H2,1H3. The lowest BCUT2D eigenvalue weighted by atomic mass is 10.0. The maximum absolute atomic E-state index is 3.79. The van der Waals surface area contributed by atoms with E-state index in [1.807, 2.05) is 0 Å². The van der Waals surface area contributed by atoms with Crippen LogP contribution in [0, 0.1) is 0 Å². The normalized spacial score (nSPS) is 17.8. The molecule has 0 radical (unpaired) electrons. The molecule has 1 fully saturated rings. The summed E-state index contributed by atoms with van der Waals surface area (Å²) in [7, 11) is 0. The van der Waals surface area contributed by atoms with E-state index in [1.54, 1.807) is 0 Å². The summed E-state index contributed by atoms with van der Waals surface area (Å²) >= 11 is 2.09. The Hall–Kier alpha value is -0.510. The van der Waals surface area contributed by atoms with Crippen molar-refractivity contribution in [3.63, 3.8) is 0 Å². The number of benzene rings is 1. The van der Waals surface area contributed by atoms with Gasteiger partial charge in [-0.3, -0.25) is 0 Å². The van der Waals surface area contributed by atoms with Crippen LogP contribution in [0.15, 0.2) is 30.3 Å². The van der Waals surface area contributed by atoms with Gasteiger partial charge in [-0.05, 0) is 12.0 Å². The van der Waals surface area contributed by atoms with Crippen molar-refractivity contribution in [1.29, 1.82) is 0 Å². The number of unbranched alkanes of at least 4 members (excludes halogenated alkanes) is 2. The van der Waals surface area contributed by atoms with Crippen molar-refractivity contribution in [2.75, 3.05) is 37.7 Å². The molecule has 1 aliphatic heterocycles. The Balaban J connectivity index is 1.77. The molecule has 0 spiro atoms. The van der Waals surface area contributed by atoms with Crippen LogP contribution < -0.4 is 5.32 Å². The summed E-state index contributed by atoms with van der Waals surface area (Å²) in [5.41, 5.74) is 1.45. The first-order valence-corrected chi connectivity index (χ1v) is 9.64. The van der Waals surface area contributed by atoms with Crippen LogP contribution in [0.2, 0.25) is 0 Å². The number of hydrogen-bond acceptors (Lipinski definition) is 3. The van der Waals surface area contributed by atoms with Gasteiger partial charge in [0.05, 0.1) is 0 Å². The van der Waals surface area contributed by atoms with E-state index in [1.165, 1.54) is 62.4 Å². The highest BCUT2D eigenvalue weighted by Crippen LogP contribution is 2.19. The molecule has 1 aromatic rings. The lowest BCUT2D eigenvalue weighted by molar-refractivity contribution is 0.293. The third-order valence-corrected chi connectivity index (χ3v) is 5.16. The van der Waals surface area contributed by atoms with E-state index in [-0.39, 0.29) is 0 Å². The molecule has 0 bridgehead atoms. The van der Waals surface area contributed by atoms with Crippen LogP contribution in [0.5, 0.6) is 0 Å². The van der Waals surface area contributed by atoms with Crippen molar-refractivity contribution in [2.45, 2.75) is 38.6 Å². The van der Waals surface area contributed by atoms with Crippen LogP contribution in [0.25, 0.3) is 0 Å². The smallest absolute Gasteiger partial charge is 0.0320 e. The van der Waals surface area contributed by atoms with Gasteiger partial charge in [0.25, 0.3) is 0 Å². The van der Waals surface area contributed by atoms with Gasteiger partial charge < -0.3 is 10.2 Å². The van der Waals surface area contributed by atoms with Crippen molar-refractivity contribution < 1.29 is 0 Å². The fourth-order valence-electron chi connectivity index (χ4n) is 2.89. The molecule has 118 valence electrons. The minimum absolute atomic E-state index is 0.525. The Bertz CT molecular complexity index is 363. The monoisotopic (exact) mass is 306 g/mol. The number of hydrogen-bond donors (Lipinski definition) is 1. The fraction of sp³-hybridized carbons (Fsp3) is 0.667. The summed E-state index contributed by atoms with van der Waals surface area (Å²) < 4.78 is 0. The second-order valence-corrected chi connectivity index (χ2v) is 7.09. The van der Waals surface area contributed by atoms with Gasteiger partial charge >= 0.3 is 0 Å². The van der Waals surface area contributed by atoms with Gasteiger partial charge in [-0.2, -0.15) is 11.8 Å². The van der Waals surface area contributed by atoms with E-state index < -0.39 is 0 Å². The van der Waals surface area contributed by atoms with Crippen LogP contribution in [0.1, 0.15) is 44.2 Å². The van der Waals surface area contributed by atoms with Gasteiger partial charge in [-0.25, -0.2) is 0 Å². The van der Waals surface area contributed by atoms with E-state index in [2.05, 4.69) is 59.2 Å². The average Bonchev–Trinajstić information content (AvgIpc) is 2.55.